The molecule has 158 valence electrons. The van der Waals surface area contributed by atoms with Crippen LogP contribution in [0.25, 0.3) is 11.2 Å². The van der Waals surface area contributed by atoms with Crippen LogP contribution in [0.2, 0.25) is 0 Å². The monoisotopic (exact) mass is 414 g/mol. The number of halogens is 2. The van der Waals surface area contributed by atoms with Crippen LogP contribution in [-0.2, 0) is 6.54 Å². The molecule has 0 amide bonds. The quantitative estimate of drug-likeness (QED) is 0.650. The first-order valence-corrected chi connectivity index (χ1v) is 10.3. The fourth-order valence-corrected chi connectivity index (χ4v) is 4.57. The van der Waals surface area contributed by atoms with Gasteiger partial charge in [0.15, 0.2) is 11.5 Å². The molecule has 0 unspecified atom stereocenters. The summed E-state index contributed by atoms with van der Waals surface area (Å²) < 4.78 is 26.8. The second kappa shape index (κ2) is 7.41. The van der Waals surface area contributed by atoms with E-state index >= 15 is 0 Å². The molecular formula is C20H24F2N8. The van der Waals surface area contributed by atoms with Crippen molar-refractivity contribution >= 4 is 22.8 Å². The number of fused-ring (bicyclic) bond motifs is 1. The largest absolute Gasteiger partial charge is 0.355 e. The van der Waals surface area contributed by atoms with Gasteiger partial charge in [-0.3, -0.25) is 0 Å². The second-order valence-corrected chi connectivity index (χ2v) is 8.35. The van der Waals surface area contributed by atoms with Gasteiger partial charge in [0.25, 0.3) is 6.43 Å². The molecule has 2 saturated heterocycles. The SMILES string of the molecule is Cc1ccc(N2CCC3(CCN(c4cnc5cnn(CC(F)F)c5n4)CC3)C2)nn1. The van der Waals surface area contributed by atoms with Crippen molar-refractivity contribution in [1.29, 1.82) is 0 Å². The average Bonchev–Trinajstić information content (AvgIpc) is 3.33. The maximum atomic E-state index is 12.8. The van der Waals surface area contributed by atoms with Crippen LogP contribution >= 0.6 is 0 Å². The minimum atomic E-state index is -2.48. The molecule has 5 heterocycles. The fraction of sp³-hybridized carbons (Fsp3) is 0.550. The van der Waals surface area contributed by atoms with Crippen LogP contribution < -0.4 is 9.80 Å². The summed E-state index contributed by atoms with van der Waals surface area (Å²) in [6.45, 7) is 5.20. The van der Waals surface area contributed by atoms with E-state index < -0.39 is 13.0 Å². The first-order valence-electron chi connectivity index (χ1n) is 10.3. The number of rotatable bonds is 4. The standard InChI is InChI=1S/C20H24F2N8/c1-14-2-3-17(27-26-14)29-9-6-20(13-29)4-7-28(8-5-20)18-11-23-15-10-24-30(12-16(21)22)19(15)25-18/h2-3,10-11,16H,4-9,12-13H2,1H3. The number of hydrogen-bond donors (Lipinski definition) is 0. The van der Waals surface area contributed by atoms with Crippen molar-refractivity contribution < 1.29 is 8.78 Å². The van der Waals surface area contributed by atoms with Gasteiger partial charge in [0.1, 0.15) is 17.9 Å². The van der Waals surface area contributed by atoms with Crippen molar-refractivity contribution in [1.82, 2.24) is 29.9 Å². The number of alkyl halides is 2. The van der Waals surface area contributed by atoms with Gasteiger partial charge in [-0.2, -0.15) is 10.2 Å². The van der Waals surface area contributed by atoms with Crippen molar-refractivity contribution in [2.75, 3.05) is 36.0 Å². The van der Waals surface area contributed by atoms with Crippen LogP contribution in [0.15, 0.2) is 24.5 Å². The van der Waals surface area contributed by atoms with Crippen LogP contribution in [0.5, 0.6) is 0 Å². The Balaban J connectivity index is 1.27. The first kappa shape index (κ1) is 19.1. The molecular weight excluding hydrogens is 390 g/mol. The molecule has 0 bridgehead atoms. The maximum absolute atomic E-state index is 12.8. The molecule has 2 fully saturated rings. The molecule has 2 aliphatic heterocycles. The van der Waals surface area contributed by atoms with E-state index in [1.807, 2.05) is 19.1 Å². The molecule has 0 saturated carbocycles. The van der Waals surface area contributed by atoms with Gasteiger partial charge in [-0.1, -0.05) is 0 Å². The maximum Gasteiger partial charge on any atom is 0.258 e. The number of nitrogens with zero attached hydrogens (tertiary/aromatic N) is 8. The molecule has 30 heavy (non-hydrogen) atoms. The number of anilines is 2. The van der Waals surface area contributed by atoms with Crippen molar-refractivity contribution in [3.8, 4) is 0 Å². The second-order valence-electron chi connectivity index (χ2n) is 8.35. The van der Waals surface area contributed by atoms with Gasteiger partial charge >= 0.3 is 0 Å². The lowest BCUT2D eigenvalue weighted by Gasteiger charge is -2.39. The highest BCUT2D eigenvalue weighted by molar-refractivity contribution is 5.71. The highest BCUT2D eigenvalue weighted by atomic mass is 19.3. The van der Waals surface area contributed by atoms with Gasteiger partial charge in [0, 0.05) is 26.2 Å². The molecule has 0 N–H and O–H groups in total. The van der Waals surface area contributed by atoms with E-state index in [9.17, 15) is 8.78 Å². The summed E-state index contributed by atoms with van der Waals surface area (Å²) in [7, 11) is 0. The third kappa shape index (κ3) is 3.54. The number of aryl methyl sites for hydroxylation is 1. The fourth-order valence-electron chi connectivity index (χ4n) is 4.57. The molecule has 2 aliphatic rings. The third-order valence-corrected chi connectivity index (χ3v) is 6.34. The minimum absolute atomic E-state index is 0.276. The predicted molar refractivity (Wildman–Crippen MR) is 109 cm³/mol. The summed E-state index contributed by atoms with van der Waals surface area (Å²) in [5, 5.41) is 12.5. The Labute approximate surface area is 172 Å². The van der Waals surface area contributed by atoms with E-state index in [1.54, 1.807) is 6.20 Å². The van der Waals surface area contributed by atoms with Gasteiger partial charge in [0.05, 0.1) is 18.1 Å². The van der Waals surface area contributed by atoms with Crippen molar-refractivity contribution in [2.45, 2.75) is 39.2 Å². The van der Waals surface area contributed by atoms with Crippen LogP contribution in [0.1, 0.15) is 25.0 Å². The third-order valence-electron chi connectivity index (χ3n) is 6.34. The molecule has 3 aromatic rings. The number of hydrogen-bond acceptors (Lipinski definition) is 7. The van der Waals surface area contributed by atoms with Gasteiger partial charge < -0.3 is 9.80 Å². The predicted octanol–water partition coefficient (Wildman–Crippen LogP) is 2.69. The minimum Gasteiger partial charge on any atom is -0.355 e. The van der Waals surface area contributed by atoms with E-state index in [4.69, 9.17) is 0 Å². The number of aromatic nitrogens is 6. The lowest BCUT2D eigenvalue weighted by molar-refractivity contribution is 0.123. The Kier molecular flexibility index (Phi) is 4.71. The highest BCUT2D eigenvalue weighted by Crippen LogP contribution is 2.42. The molecule has 0 aromatic carbocycles. The van der Waals surface area contributed by atoms with Crippen molar-refractivity contribution in [2.24, 2.45) is 5.41 Å². The Morgan fingerprint density at radius 1 is 1.00 bits per heavy atom. The first-order chi connectivity index (χ1) is 14.5. The zero-order valence-corrected chi connectivity index (χ0v) is 16.9. The van der Waals surface area contributed by atoms with Gasteiger partial charge in [-0.25, -0.2) is 23.4 Å². The van der Waals surface area contributed by atoms with Gasteiger partial charge in [-0.15, -0.1) is 5.10 Å². The topological polar surface area (TPSA) is 75.9 Å². The molecule has 0 aliphatic carbocycles. The van der Waals surface area contributed by atoms with Crippen LogP contribution in [0, 0.1) is 12.3 Å². The summed E-state index contributed by atoms with van der Waals surface area (Å²) in [6, 6.07) is 4.05. The molecule has 0 atom stereocenters. The average molecular weight is 414 g/mol. The summed E-state index contributed by atoms with van der Waals surface area (Å²) in [4.78, 5) is 13.5. The van der Waals surface area contributed by atoms with E-state index in [-0.39, 0.29) is 5.41 Å². The highest BCUT2D eigenvalue weighted by Gasteiger charge is 2.41. The smallest absolute Gasteiger partial charge is 0.258 e. The lowest BCUT2D eigenvalue weighted by Crippen LogP contribution is -2.42. The van der Waals surface area contributed by atoms with E-state index in [1.165, 1.54) is 10.9 Å². The molecule has 8 nitrogen and oxygen atoms in total. The number of piperidine rings is 1. The Morgan fingerprint density at radius 2 is 1.77 bits per heavy atom. The Hall–Kier alpha value is -2.91. The molecule has 1 spiro atoms. The zero-order valence-electron chi connectivity index (χ0n) is 16.9. The Bertz CT molecular complexity index is 1030. The van der Waals surface area contributed by atoms with Gasteiger partial charge in [-0.05, 0) is 43.7 Å². The molecule has 0 radical (unpaired) electrons. The summed E-state index contributed by atoms with van der Waals surface area (Å²) in [6.07, 6.45) is 3.98. The van der Waals surface area contributed by atoms with Crippen LogP contribution in [-0.4, -0.2) is 62.6 Å². The summed E-state index contributed by atoms with van der Waals surface area (Å²) in [5.74, 6) is 1.68. The molecule has 10 heteroatoms. The van der Waals surface area contributed by atoms with Crippen molar-refractivity contribution in [3.05, 3.63) is 30.2 Å². The summed E-state index contributed by atoms with van der Waals surface area (Å²) in [5.41, 5.74) is 2.16. The van der Waals surface area contributed by atoms with E-state index in [2.05, 4.69) is 35.1 Å². The lowest BCUT2D eigenvalue weighted by atomic mass is 9.78. The van der Waals surface area contributed by atoms with Crippen LogP contribution in [0.4, 0.5) is 20.4 Å². The van der Waals surface area contributed by atoms with Gasteiger partial charge in [0.2, 0.25) is 0 Å². The normalized spacial score (nSPS) is 18.8. The summed E-state index contributed by atoms with van der Waals surface area (Å²) >= 11 is 0. The molecule has 3 aromatic heterocycles. The van der Waals surface area contributed by atoms with Crippen molar-refractivity contribution in [3.63, 3.8) is 0 Å². The Morgan fingerprint density at radius 3 is 2.47 bits per heavy atom. The zero-order chi connectivity index (χ0) is 20.7. The van der Waals surface area contributed by atoms with E-state index in [0.717, 1.165) is 62.8 Å². The van der Waals surface area contributed by atoms with E-state index in [0.29, 0.717) is 11.2 Å². The molecule has 5 rings (SSSR count). The van der Waals surface area contributed by atoms with Crippen LogP contribution in [0.3, 0.4) is 0 Å².